The number of rotatable bonds is 5. The largest absolute Gasteiger partial charge is 0.472 e. The minimum Gasteiger partial charge on any atom is -0.472 e. The van der Waals surface area contributed by atoms with Gasteiger partial charge in [-0.15, -0.1) is 0 Å². The fourth-order valence-corrected chi connectivity index (χ4v) is 3.07. The average molecular weight is 376 g/mol. The zero-order chi connectivity index (χ0) is 19.5. The van der Waals surface area contributed by atoms with Crippen molar-refractivity contribution in [3.63, 3.8) is 0 Å². The molecule has 1 aliphatic heterocycles. The van der Waals surface area contributed by atoms with E-state index in [1.165, 1.54) is 12.4 Å². The van der Waals surface area contributed by atoms with Crippen LogP contribution in [-0.4, -0.2) is 49.9 Å². The summed E-state index contributed by atoms with van der Waals surface area (Å²) < 4.78 is 5.99. The monoisotopic (exact) mass is 376 g/mol. The van der Waals surface area contributed by atoms with E-state index in [0.29, 0.717) is 41.6 Å². The maximum absolute atomic E-state index is 11.7. The molecular formula is C20H20N6O2. The number of anilines is 2. The topological polar surface area (TPSA) is 93.1 Å². The van der Waals surface area contributed by atoms with Crippen molar-refractivity contribution in [2.45, 2.75) is 19.4 Å². The second-order valence-corrected chi connectivity index (χ2v) is 6.60. The summed E-state index contributed by atoms with van der Waals surface area (Å²) in [6, 6.07) is 7.47. The number of pyridine rings is 2. The van der Waals surface area contributed by atoms with Gasteiger partial charge in [-0.25, -0.2) is 19.9 Å². The summed E-state index contributed by atoms with van der Waals surface area (Å²) in [7, 11) is 0. The predicted molar refractivity (Wildman–Crippen MR) is 105 cm³/mol. The van der Waals surface area contributed by atoms with Gasteiger partial charge in [0, 0.05) is 25.2 Å². The Morgan fingerprint density at radius 3 is 2.96 bits per heavy atom. The molecule has 0 aromatic carbocycles. The Morgan fingerprint density at radius 1 is 1.29 bits per heavy atom. The van der Waals surface area contributed by atoms with Crippen LogP contribution in [0.25, 0.3) is 11.0 Å². The maximum atomic E-state index is 11.7. The summed E-state index contributed by atoms with van der Waals surface area (Å²) in [6.45, 7) is 6.68. The van der Waals surface area contributed by atoms with E-state index in [0.717, 1.165) is 12.0 Å². The number of aromatic nitrogens is 4. The number of nitrogens with zero attached hydrogens (tertiary/aromatic N) is 5. The van der Waals surface area contributed by atoms with Gasteiger partial charge in [-0.1, -0.05) is 12.6 Å². The molecule has 8 heteroatoms. The molecule has 0 aliphatic carbocycles. The Balaban J connectivity index is 1.55. The third-order valence-corrected chi connectivity index (χ3v) is 4.53. The molecule has 0 saturated carbocycles. The number of hydrogen-bond acceptors (Lipinski definition) is 7. The summed E-state index contributed by atoms with van der Waals surface area (Å²) in [6.07, 6.45) is 5.24. The fourth-order valence-electron chi connectivity index (χ4n) is 3.07. The van der Waals surface area contributed by atoms with E-state index in [4.69, 9.17) is 4.74 Å². The third-order valence-electron chi connectivity index (χ3n) is 4.53. The molecule has 1 fully saturated rings. The molecule has 0 spiro atoms. The first-order valence-corrected chi connectivity index (χ1v) is 9.02. The molecular weight excluding hydrogens is 356 g/mol. The molecule has 1 aliphatic rings. The van der Waals surface area contributed by atoms with Crippen LogP contribution in [0.3, 0.4) is 0 Å². The number of nitrogens with one attached hydrogen (secondary N) is 1. The third kappa shape index (κ3) is 3.75. The van der Waals surface area contributed by atoms with Crippen LogP contribution in [0, 0.1) is 6.92 Å². The Kier molecular flexibility index (Phi) is 4.84. The van der Waals surface area contributed by atoms with E-state index in [2.05, 4.69) is 31.8 Å². The summed E-state index contributed by atoms with van der Waals surface area (Å²) in [5.74, 6) is 1.62. The number of amides is 1. The lowest BCUT2D eigenvalue weighted by atomic mass is 10.3. The van der Waals surface area contributed by atoms with Gasteiger partial charge in [0.25, 0.3) is 0 Å². The molecule has 3 aromatic rings. The Labute approximate surface area is 162 Å². The van der Waals surface area contributed by atoms with E-state index in [-0.39, 0.29) is 12.0 Å². The SMILES string of the molecule is C=CC(=O)N1CC[C@H](Oc2ccc3ncnc(Nc4ccc(C)cn4)c3n2)C1. The molecule has 1 atom stereocenters. The van der Waals surface area contributed by atoms with E-state index in [1.54, 1.807) is 17.2 Å². The predicted octanol–water partition coefficient (Wildman–Crippen LogP) is 2.64. The van der Waals surface area contributed by atoms with Crippen LogP contribution in [-0.2, 0) is 4.79 Å². The molecule has 28 heavy (non-hydrogen) atoms. The van der Waals surface area contributed by atoms with Crippen LogP contribution in [0.2, 0.25) is 0 Å². The number of likely N-dealkylation sites (tertiary alicyclic amines) is 1. The number of carbonyl (C=O) groups is 1. The molecule has 1 N–H and O–H groups in total. The van der Waals surface area contributed by atoms with Crippen LogP contribution in [0.5, 0.6) is 5.88 Å². The molecule has 1 amide bonds. The quantitative estimate of drug-likeness (QED) is 0.684. The van der Waals surface area contributed by atoms with Gasteiger partial charge in [-0.2, -0.15) is 0 Å². The van der Waals surface area contributed by atoms with Crippen molar-refractivity contribution in [3.05, 3.63) is 55.0 Å². The van der Waals surface area contributed by atoms with Gasteiger partial charge in [-0.05, 0) is 30.7 Å². The van der Waals surface area contributed by atoms with Crippen molar-refractivity contribution >= 4 is 28.6 Å². The molecule has 8 nitrogen and oxygen atoms in total. The van der Waals surface area contributed by atoms with Crippen molar-refractivity contribution in [1.29, 1.82) is 0 Å². The molecule has 4 heterocycles. The molecule has 0 unspecified atom stereocenters. The van der Waals surface area contributed by atoms with Gasteiger partial charge < -0.3 is 15.0 Å². The summed E-state index contributed by atoms with van der Waals surface area (Å²) in [5.41, 5.74) is 2.37. The van der Waals surface area contributed by atoms with Crippen molar-refractivity contribution in [2.24, 2.45) is 0 Å². The number of aryl methyl sites for hydroxylation is 1. The highest BCUT2D eigenvalue weighted by Crippen LogP contribution is 2.24. The minimum atomic E-state index is -0.103. The zero-order valence-electron chi connectivity index (χ0n) is 15.5. The number of hydrogen-bond donors (Lipinski definition) is 1. The molecule has 1 saturated heterocycles. The first-order chi connectivity index (χ1) is 13.6. The first-order valence-electron chi connectivity index (χ1n) is 9.02. The van der Waals surface area contributed by atoms with Gasteiger partial charge in [0.2, 0.25) is 11.8 Å². The van der Waals surface area contributed by atoms with Crippen LogP contribution in [0.4, 0.5) is 11.6 Å². The molecule has 0 bridgehead atoms. The van der Waals surface area contributed by atoms with Crippen LogP contribution < -0.4 is 10.1 Å². The fraction of sp³-hybridized carbons (Fsp3) is 0.250. The molecule has 0 radical (unpaired) electrons. The van der Waals surface area contributed by atoms with Crippen molar-refractivity contribution in [3.8, 4) is 5.88 Å². The van der Waals surface area contributed by atoms with Gasteiger partial charge in [0.15, 0.2) is 5.82 Å². The van der Waals surface area contributed by atoms with E-state index < -0.39 is 0 Å². The van der Waals surface area contributed by atoms with E-state index >= 15 is 0 Å². The van der Waals surface area contributed by atoms with Gasteiger partial charge in [-0.3, -0.25) is 4.79 Å². The lowest BCUT2D eigenvalue weighted by molar-refractivity contribution is -0.125. The van der Waals surface area contributed by atoms with Crippen molar-refractivity contribution in [2.75, 3.05) is 18.4 Å². The summed E-state index contributed by atoms with van der Waals surface area (Å²) in [4.78, 5) is 30.9. The second-order valence-electron chi connectivity index (χ2n) is 6.60. The Morgan fingerprint density at radius 2 is 2.18 bits per heavy atom. The number of carbonyl (C=O) groups excluding carboxylic acids is 1. The van der Waals surface area contributed by atoms with Gasteiger partial charge in [0.05, 0.1) is 12.1 Å². The first kappa shape index (κ1) is 17.8. The normalized spacial score (nSPS) is 16.2. The Bertz CT molecular complexity index is 1020. The second kappa shape index (κ2) is 7.59. The summed E-state index contributed by atoms with van der Waals surface area (Å²) >= 11 is 0. The van der Waals surface area contributed by atoms with Crippen LogP contribution >= 0.6 is 0 Å². The average Bonchev–Trinajstić information content (AvgIpc) is 3.18. The van der Waals surface area contributed by atoms with E-state index in [9.17, 15) is 4.79 Å². The van der Waals surface area contributed by atoms with Crippen molar-refractivity contribution in [1.82, 2.24) is 24.8 Å². The molecule has 4 rings (SSSR count). The smallest absolute Gasteiger partial charge is 0.246 e. The lowest BCUT2D eigenvalue weighted by Crippen LogP contribution is -2.29. The highest BCUT2D eigenvalue weighted by atomic mass is 16.5. The Hall–Kier alpha value is -3.55. The van der Waals surface area contributed by atoms with E-state index in [1.807, 2.05) is 25.1 Å². The maximum Gasteiger partial charge on any atom is 0.246 e. The number of ether oxygens (including phenoxy) is 1. The lowest BCUT2D eigenvalue weighted by Gasteiger charge is -2.15. The highest BCUT2D eigenvalue weighted by Gasteiger charge is 2.26. The minimum absolute atomic E-state index is 0.0805. The van der Waals surface area contributed by atoms with Gasteiger partial charge >= 0.3 is 0 Å². The van der Waals surface area contributed by atoms with Crippen LogP contribution in [0.1, 0.15) is 12.0 Å². The standard InChI is InChI=1S/C20H20N6O2/c1-3-18(27)26-9-8-14(11-26)28-17-7-5-15-19(25-17)20(23-12-22-15)24-16-6-4-13(2)10-21-16/h3-7,10,12,14H,1,8-9,11H2,2H3,(H,21,22,23,24)/t14-/m0/s1. The molecule has 142 valence electrons. The van der Waals surface area contributed by atoms with Gasteiger partial charge in [0.1, 0.15) is 23.8 Å². The van der Waals surface area contributed by atoms with Crippen LogP contribution in [0.15, 0.2) is 49.4 Å². The zero-order valence-corrected chi connectivity index (χ0v) is 15.5. The molecule has 3 aromatic heterocycles. The number of fused-ring (bicyclic) bond motifs is 1. The summed E-state index contributed by atoms with van der Waals surface area (Å²) in [5, 5.41) is 3.18. The van der Waals surface area contributed by atoms with Crippen molar-refractivity contribution < 1.29 is 9.53 Å². The highest BCUT2D eigenvalue weighted by molar-refractivity contribution is 5.87.